The van der Waals surface area contributed by atoms with Crippen LogP contribution < -0.4 is 4.72 Å². The van der Waals surface area contributed by atoms with Crippen molar-refractivity contribution in [1.82, 2.24) is 9.80 Å². The summed E-state index contributed by atoms with van der Waals surface area (Å²) in [6, 6.07) is 22.2. The first kappa shape index (κ1) is 23.0. The molecule has 3 aromatic carbocycles. The Labute approximate surface area is 195 Å². The van der Waals surface area contributed by atoms with Gasteiger partial charge in [0, 0.05) is 38.3 Å². The Morgan fingerprint density at radius 1 is 0.879 bits per heavy atom. The predicted octanol–water partition coefficient (Wildman–Crippen LogP) is 4.06. The van der Waals surface area contributed by atoms with Crippen molar-refractivity contribution >= 4 is 21.6 Å². The van der Waals surface area contributed by atoms with Gasteiger partial charge in [0.1, 0.15) is 0 Å². The van der Waals surface area contributed by atoms with Crippen LogP contribution in [0.15, 0.2) is 77.7 Å². The number of rotatable bonds is 6. The number of hydrogen-bond acceptors (Lipinski definition) is 4. The quantitative estimate of drug-likeness (QED) is 0.599. The lowest BCUT2D eigenvalue weighted by atomic mass is 10.1. The lowest BCUT2D eigenvalue weighted by Gasteiger charge is -2.35. The number of amides is 1. The van der Waals surface area contributed by atoms with Crippen LogP contribution in [0.3, 0.4) is 0 Å². The van der Waals surface area contributed by atoms with E-state index in [1.165, 1.54) is 5.56 Å². The molecule has 0 atom stereocenters. The highest BCUT2D eigenvalue weighted by Crippen LogP contribution is 2.23. The van der Waals surface area contributed by atoms with Gasteiger partial charge in [-0.1, -0.05) is 54.1 Å². The highest BCUT2D eigenvalue weighted by molar-refractivity contribution is 7.92. The van der Waals surface area contributed by atoms with E-state index in [0.29, 0.717) is 24.3 Å². The largest absolute Gasteiger partial charge is 0.336 e. The number of piperazine rings is 1. The number of aryl methyl sites for hydroxylation is 2. The third-order valence-electron chi connectivity index (χ3n) is 5.97. The summed E-state index contributed by atoms with van der Waals surface area (Å²) in [5.41, 5.74) is 3.92. The number of nitrogens with one attached hydrogen (secondary N) is 1. The fraction of sp³-hybridized carbons (Fsp3) is 0.269. The lowest BCUT2D eigenvalue weighted by Crippen LogP contribution is -2.48. The third kappa shape index (κ3) is 5.61. The molecule has 0 aliphatic carbocycles. The van der Waals surface area contributed by atoms with Crippen LogP contribution in [-0.2, 0) is 16.6 Å². The average molecular weight is 464 g/mol. The van der Waals surface area contributed by atoms with E-state index in [1.807, 2.05) is 36.9 Å². The summed E-state index contributed by atoms with van der Waals surface area (Å²) in [4.78, 5) is 17.5. The minimum absolute atomic E-state index is 0.0786. The van der Waals surface area contributed by atoms with Gasteiger partial charge in [-0.2, -0.15) is 0 Å². The normalized spacial score (nSPS) is 14.8. The predicted molar refractivity (Wildman–Crippen MR) is 131 cm³/mol. The molecule has 1 aliphatic rings. The van der Waals surface area contributed by atoms with Gasteiger partial charge in [0.05, 0.1) is 10.6 Å². The second-order valence-electron chi connectivity index (χ2n) is 8.50. The summed E-state index contributed by atoms with van der Waals surface area (Å²) in [6.45, 7) is 7.50. The first-order valence-corrected chi connectivity index (χ1v) is 12.6. The summed E-state index contributed by atoms with van der Waals surface area (Å²) >= 11 is 0. The van der Waals surface area contributed by atoms with E-state index in [4.69, 9.17) is 0 Å². The number of carbonyl (C=O) groups is 1. The minimum atomic E-state index is -3.74. The smallest absolute Gasteiger partial charge is 0.261 e. The van der Waals surface area contributed by atoms with Crippen LogP contribution in [0.2, 0.25) is 0 Å². The van der Waals surface area contributed by atoms with Gasteiger partial charge in [0.2, 0.25) is 0 Å². The Morgan fingerprint density at radius 2 is 1.55 bits per heavy atom. The molecule has 6 nitrogen and oxygen atoms in total. The summed E-state index contributed by atoms with van der Waals surface area (Å²) < 4.78 is 28.3. The fourth-order valence-corrected chi connectivity index (χ4v) is 5.04. The van der Waals surface area contributed by atoms with E-state index < -0.39 is 10.0 Å². The monoisotopic (exact) mass is 463 g/mol. The van der Waals surface area contributed by atoms with Gasteiger partial charge in [0.25, 0.3) is 15.9 Å². The maximum Gasteiger partial charge on any atom is 0.261 e. The number of carbonyl (C=O) groups excluding carboxylic acids is 1. The number of anilines is 1. The van der Waals surface area contributed by atoms with Crippen LogP contribution in [-0.4, -0.2) is 50.3 Å². The van der Waals surface area contributed by atoms with Crippen LogP contribution >= 0.6 is 0 Å². The number of benzene rings is 3. The highest BCUT2D eigenvalue weighted by Gasteiger charge is 2.23. The molecule has 3 aromatic rings. The van der Waals surface area contributed by atoms with E-state index in [0.717, 1.165) is 30.8 Å². The fourth-order valence-electron chi connectivity index (χ4n) is 3.92. The Bertz CT molecular complexity index is 1220. The molecule has 1 amide bonds. The van der Waals surface area contributed by atoms with Crippen molar-refractivity contribution < 1.29 is 13.2 Å². The number of hydrogen-bond donors (Lipinski definition) is 1. The zero-order valence-electron chi connectivity index (χ0n) is 19.0. The maximum atomic E-state index is 13.1. The van der Waals surface area contributed by atoms with Crippen LogP contribution in [0.5, 0.6) is 0 Å². The summed E-state index contributed by atoms with van der Waals surface area (Å²) in [6.07, 6.45) is 0. The van der Waals surface area contributed by atoms with Gasteiger partial charge in [0.15, 0.2) is 0 Å². The second kappa shape index (κ2) is 9.77. The van der Waals surface area contributed by atoms with Gasteiger partial charge in [-0.25, -0.2) is 8.42 Å². The van der Waals surface area contributed by atoms with Crippen LogP contribution in [0, 0.1) is 13.8 Å². The van der Waals surface area contributed by atoms with Crippen LogP contribution in [0.4, 0.5) is 5.69 Å². The average Bonchev–Trinajstić information content (AvgIpc) is 2.81. The van der Waals surface area contributed by atoms with Gasteiger partial charge < -0.3 is 4.90 Å². The topological polar surface area (TPSA) is 69.7 Å². The Hall–Kier alpha value is -3.16. The minimum Gasteiger partial charge on any atom is -0.336 e. The van der Waals surface area contributed by atoms with Crippen molar-refractivity contribution in [3.63, 3.8) is 0 Å². The molecule has 1 heterocycles. The molecule has 1 fully saturated rings. The van der Waals surface area contributed by atoms with Crippen LogP contribution in [0.25, 0.3) is 0 Å². The summed E-state index contributed by atoms with van der Waals surface area (Å²) in [7, 11) is -3.74. The molecule has 33 heavy (non-hydrogen) atoms. The molecule has 1 aliphatic heterocycles. The van der Waals surface area contributed by atoms with E-state index in [1.54, 1.807) is 42.5 Å². The van der Waals surface area contributed by atoms with Crippen molar-refractivity contribution in [2.45, 2.75) is 25.3 Å². The van der Waals surface area contributed by atoms with Crippen LogP contribution in [0.1, 0.15) is 27.0 Å². The van der Waals surface area contributed by atoms with Crippen molar-refractivity contribution in [2.75, 3.05) is 30.9 Å². The van der Waals surface area contributed by atoms with E-state index in [9.17, 15) is 13.2 Å². The zero-order valence-corrected chi connectivity index (χ0v) is 19.8. The van der Waals surface area contributed by atoms with E-state index in [2.05, 4.69) is 21.8 Å². The molecule has 1 N–H and O–H groups in total. The number of nitrogens with zero attached hydrogens (tertiary/aromatic N) is 2. The Kier molecular flexibility index (Phi) is 6.81. The Balaban J connectivity index is 1.43. The molecule has 0 unspecified atom stereocenters. The highest BCUT2D eigenvalue weighted by atomic mass is 32.2. The molecular weight excluding hydrogens is 434 g/mol. The molecule has 7 heteroatoms. The third-order valence-corrected chi connectivity index (χ3v) is 7.35. The molecule has 0 saturated carbocycles. The lowest BCUT2D eigenvalue weighted by molar-refractivity contribution is 0.0628. The SMILES string of the molecule is Cc1ccc(S(=O)(=O)Nc2cc(C(=O)N3CCN(Cc4ccccc4)CC3)ccc2C)cc1. The van der Waals surface area contributed by atoms with Crippen molar-refractivity contribution in [3.8, 4) is 0 Å². The van der Waals surface area contributed by atoms with E-state index >= 15 is 0 Å². The summed E-state index contributed by atoms with van der Waals surface area (Å²) in [5, 5.41) is 0. The molecule has 0 bridgehead atoms. The van der Waals surface area contributed by atoms with Crippen molar-refractivity contribution in [1.29, 1.82) is 0 Å². The zero-order chi connectivity index (χ0) is 23.4. The molecule has 0 radical (unpaired) electrons. The maximum absolute atomic E-state index is 13.1. The van der Waals surface area contributed by atoms with Gasteiger partial charge >= 0.3 is 0 Å². The van der Waals surface area contributed by atoms with E-state index in [-0.39, 0.29) is 10.8 Å². The molecule has 1 saturated heterocycles. The first-order chi connectivity index (χ1) is 15.8. The number of sulfonamides is 1. The molecule has 4 rings (SSSR count). The molecule has 0 aromatic heterocycles. The second-order valence-corrected chi connectivity index (χ2v) is 10.2. The van der Waals surface area contributed by atoms with Gasteiger partial charge in [-0.15, -0.1) is 0 Å². The molecule has 0 spiro atoms. The van der Waals surface area contributed by atoms with Gasteiger partial charge in [-0.3, -0.25) is 14.4 Å². The molecular formula is C26H29N3O3S. The standard InChI is InChI=1S/C26H29N3O3S/c1-20-8-12-24(13-9-20)33(31,32)27-25-18-23(11-10-21(25)2)26(30)29-16-14-28(15-17-29)19-22-6-4-3-5-7-22/h3-13,18,27H,14-17,19H2,1-2H3. The molecule has 172 valence electrons. The van der Waals surface area contributed by atoms with Gasteiger partial charge in [-0.05, 0) is 49.2 Å². The first-order valence-electron chi connectivity index (χ1n) is 11.1. The Morgan fingerprint density at radius 3 is 2.21 bits per heavy atom. The summed E-state index contributed by atoms with van der Waals surface area (Å²) in [5.74, 6) is -0.0786. The van der Waals surface area contributed by atoms with Crippen molar-refractivity contribution in [2.24, 2.45) is 0 Å². The van der Waals surface area contributed by atoms with Crippen molar-refractivity contribution in [3.05, 3.63) is 95.1 Å².